The summed E-state index contributed by atoms with van der Waals surface area (Å²) in [6, 6.07) is 19.2. The molecule has 1 heterocycles. The third-order valence-corrected chi connectivity index (χ3v) is 5.78. The van der Waals surface area contributed by atoms with Crippen molar-refractivity contribution in [2.75, 3.05) is 0 Å². The Bertz CT molecular complexity index is 1370. The molecule has 1 unspecified atom stereocenters. The Kier molecular flexibility index (Phi) is 5.96. The number of benzene rings is 3. The number of para-hydroxylation sites is 1. The second-order valence-electron chi connectivity index (χ2n) is 8.01. The normalized spacial score (nSPS) is 12.9. The molecule has 0 saturated carbocycles. The Morgan fingerprint density at radius 2 is 1.76 bits per heavy atom. The van der Waals surface area contributed by atoms with Crippen LogP contribution in [0.15, 0.2) is 66.7 Å². The van der Waals surface area contributed by atoms with E-state index in [9.17, 15) is 19.1 Å². The third-order valence-electron chi connectivity index (χ3n) is 5.78. The van der Waals surface area contributed by atoms with Gasteiger partial charge in [0.05, 0.1) is 16.8 Å². The van der Waals surface area contributed by atoms with Crippen LogP contribution in [-0.4, -0.2) is 27.5 Å². The fraction of sp³-hybridized carbons (Fsp3) is 0.192. The molecule has 0 spiro atoms. The summed E-state index contributed by atoms with van der Waals surface area (Å²) in [5.41, 5.74) is -0.137. The average Bonchev–Trinajstić information content (AvgIpc) is 2.83. The number of hydrogen-bond donors (Lipinski definition) is 2. The second-order valence-corrected chi connectivity index (χ2v) is 8.01. The molecule has 0 aliphatic carbocycles. The maximum absolute atomic E-state index is 14.8. The Balaban J connectivity index is 1.74. The van der Waals surface area contributed by atoms with Crippen molar-refractivity contribution in [3.8, 4) is 5.75 Å². The van der Waals surface area contributed by atoms with Gasteiger partial charge in [0.1, 0.15) is 23.7 Å². The lowest BCUT2D eigenvalue weighted by molar-refractivity contribution is -0.143. The highest BCUT2D eigenvalue weighted by molar-refractivity contribution is 6.05. The molecular formula is C26H23FN2O4. The second kappa shape index (κ2) is 8.86. The molecule has 7 heteroatoms. The molecule has 6 nitrogen and oxygen atoms in total. The molecule has 0 saturated heterocycles. The SMILES string of the molecule is CCC(C)(NC(=O)c1cc(F)c2ccccc2c1OCc1ccc2ccccc2n1)C(=O)O. The monoisotopic (exact) mass is 446 g/mol. The fourth-order valence-corrected chi connectivity index (χ4v) is 3.57. The van der Waals surface area contributed by atoms with E-state index in [1.807, 2.05) is 36.4 Å². The van der Waals surface area contributed by atoms with E-state index < -0.39 is 23.2 Å². The van der Waals surface area contributed by atoms with Gasteiger partial charge in [0.25, 0.3) is 5.91 Å². The third kappa shape index (κ3) is 4.35. The molecule has 0 radical (unpaired) electrons. The zero-order chi connectivity index (χ0) is 23.6. The predicted octanol–water partition coefficient (Wildman–Crippen LogP) is 5.09. The number of carbonyl (C=O) groups is 2. The van der Waals surface area contributed by atoms with Crippen molar-refractivity contribution in [3.63, 3.8) is 0 Å². The zero-order valence-corrected chi connectivity index (χ0v) is 18.3. The number of halogens is 1. The van der Waals surface area contributed by atoms with Crippen LogP contribution in [0.4, 0.5) is 4.39 Å². The van der Waals surface area contributed by atoms with Gasteiger partial charge in [0.15, 0.2) is 0 Å². The number of nitrogens with zero attached hydrogens (tertiary/aromatic N) is 1. The maximum atomic E-state index is 14.8. The Morgan fingerprint density at radius 3 is 2.48 bits per heavy atom. The number of pyridine rings is 1. The molecule has 1 aromatic heterocycles. The molecule has 0 aliphatic heterocycles. The Labute approximate surface area is 190 Å². The van der Waals surface area contributed by atoms with Crippen molar-refractivity contribution in [3.05, 3.63) is 83.8 Å². The number of carboxylic acid groups (broad SMARTS) is 1. The van der Waals surface area contributed by atoms with Crippen LogP contribution in [-0.2, 0) is 11.4 Å². The smallest absolute Gasteiger partial charge is 0.329 e. The van der Waals surface area contributed by atoms with Gasteiger partial charge in [-0.3, -0.25) is 4.79 Å². The zero-order valence-electron chi connectivity index (χ0n) is 18.3. The number of fused-ring (bicyclic) bond motifs is 2. The summed E-state index contributed by atoms with van der Waals surface area (Å²) in [5, 5.41) is 13.7. The lowest BCUT2D eigenvalue weighted by Crippen LogP contribution is -2.51. The van der Waals surface area contributed by atoms with E-state index in [1.165, 1.54) is 6.92 Å². The number of carbonyl (C=O) groups excluding carboxylic acids is 1. The first-order valence-electron chi connectivity index (χ1n) is 10.6. The first-order valence-corrected chi connectivity index (χ1v) is 10.6. The molecule has 168 valence electrons. The molecule has 33 heavy (non-hydrogen) atoms. The van der Waals surface area contributed by atoms with Crippen LogP contribution in [0, 0.1) is 5.82 Å². The number of ether oxygens (including phenoxy) is 1. The van der Waals surface area contributed by atoms with Gasteiger partial charge in [-0.05, 0) is 31.5 Å². The number of aliphatic carboxylic acids is 1. The average molecular weight is 446 g/mol. The summed E-state index contributed by atoms with van der Waals surface area (Å²) in [6.07, 6.45) is 0.154. The topological polar surface area (TPSA) is 88.5 Å². The van der Waals surface area contributed by atoms with Gasteiger partial charge >= 0.3 is 5.97 Å². The quantitative estimate of drug-likeness (QED) is 0.413. The maximum Gasteiger partial charge on any atom is 0.329 e. The lowest BCUT2D eigenvalue weighted by Gasteiger charge is -2.25. The van der Waals surface area contributed by atoms with Crippen LogP contribution in [0.2, 0.25) is 0 Å². The minimum atomic E-state index is -1.50. The minimum absolute atomic E-state index is 0.0463. The van der Waals surface area contributed by atoms with E-state index in [0.717, 1.165) is 17.0 Å². The molecule has 1 atom stereocenters. The van der Waals surface area contributed by atoms with Crippen molar-refractivity contribution >= 4 is 33.6 Å². The van der Waals surface area contributed by atoms with E-state index in [2.05, 4.69) is 10.3 Å². The summed E-state index contributed by atoms with van der Waals surface area (Å²) < 4.78 is 20.9. The van der Waals surface area contributed by atoms with Gasteiger partial charge < -0.3 is 15.2 Å². The molecule has 2 N–H and O–H groups in total. The molecule has 0 aliphatic rings. The summed E-state index contributed by atoms with van der Waals surface area (Å²) >= 11 is 0. The van der Waals surface area contributed by atoms with Crippen LogP contribution < -0.4 is 10.1 Å². The van der Waals surface area contributed by atoms with Crippen LogP contribution >= 0.6 is 0 Å². The van der Waals surface area contributed by atoms with Crippen LogP contribution in [0.25, 0.3) is 21.7 Å². The molecule has 0 fully saturated rings. The fourth-order valence-electron chi connectivity index (χ4n) is 3.57. The van der Waals surface area contributed by atoms with Crippen LogP contribution in [0.3, 0.4) is 0 Å². The van der Waals surface area contributed by atoms with Crippen molar-refractivity contribution in [2.45, 2.75) is 32.4 Å². The number of aromatic nitrogens is 1. The summed E-state index contributed by atoms with van der Waals surface area (Å²) in [6.45, 7) is 3.10. The molecule has 4 aromatic rings. The van der Waals surface area contributed by atoms with E-state index in [0.29, 0.717) is 16.5 Å². The van der Waals surface area contributed by atoms with E-state index in [4.69, 9.17) is 4.74 Å². The number of nitrogens with one attached hydrogen (secondary N) is 1. The van der Waals surface area contributed by atoms with Crippen molar-refractivity contribution < 1.29 is 23.8 Å². The van der Waals surface area contributed by atoms with Gasteiger partial charge in [-0.2, -0.15) is 0 Å². The lowest BCUT2D eigenvalue weighted by atomic mass is 9.97. The highest BCUT2D eigenvalue weighted by Crippen LogP contribution is 2.33. The first kappa shape index (κ1) is 22.2. The number of amides is 1. The molecular weight excluding hydrogens is 423 g/mol. The summed E-state index contributed by atoms with van der Waals surface area (Å²) in [4.78, 5) is 29.3. The van der Waals surface area contributed by atoms with Crippen molar-refractivity contribution in [1.82, 2.24) is 10.3 Å². The first-order chi connectivity index (χ1) is 15.8. The number of hydrogen-bond acceptors (Lipinski definition) is 4. The van der Waals surface area contributed by atoms with Gasteiger partial charge in [-0.15, -0.1) is 0 Å². The van der Waals surface area contributed by atoms with Gasteiger partial charge in [0, 0.05) is 16.2 Å². The van der Waals surface area contributed by atoms with Gasteiger partial charge in [-0.25, -0.2) is 14.2 Å². The minimum Gasteiger partial charge on any atom is -0.486 e. The van der Waals surface area contributed by atoms with Gasteiger partial charge in [0.2, 0.25) is 0 Å². The van der Waals surface area contributed by atoms with Crippen LogP contribution in [0.5, 0.6) is 5.75 Å². The number of carboxylic acids is 1. The standard InChI is InChI=1S/C26H23FN2O4/c1-3-26(2,25(31)32)29-24(30)20-14-21(27)18-9-5-6-10-19(18)23(20)33-15-17-13-12-16-8-4-7-11-22(16)28-17/h4-14H,3,15H2,1-2H3,(H,29,30)(H,31,32). The summed E-state index contributed by atoms with van der Waals surface area (Å²) in [5.74, 6) is -2.33. The molecule has 3 aromatic carbocycles. The highest BCUT2D eigenvalue weighted by atomic mass is 19.1. The van der Waals surface area contributed by atoms with E-state index >= 15 is 0 Å². The molecule has 0 bridgehead atoms. The van der Waals surface area contributed by atoms with Crippen molar-refractivity contribution in [2.24, 2.45) is 0 Å². The van der Waals surface area contributed by atoms with E-state index in [1.54, 1.807) is 31.2 Å². The number of rotatable bonds is 7. The Morgan fingerprint density at radius 1 is 1.06 bits per heavy atom. The largest absolute Gasteiger partial charge is 0.486 e. The van der Waals surface area contributed by atoms with Crippen molar-refractivity contribution in [1.29, 1.82) is 0 Å². The summed E-state index contributed by atoms with van der Waals surface area (Å²) in [7, 11) is 0. The van der Waals surface area contributed by atoms with E-state index in [-0.39, 0.29) is 24.3 Å². The predicted molar refractivity (Wildman–Crippen MR) is 124 cm³/mol. The van der Waals surface area contributed by atoms with Gasteiger partial charge in [-0.1, -0.05) is 55.5 Å². The highest BCUT2D eigenvalue weighted by Gasteiger charge is 2.34. The molecule has 1 amide bonds. The van der Waals surface area contributed by atoms with Crippen LogP contribution in [0.1, 0.15) is 36.3 Å². The molecule has 4 rings (SSSR count). The Hall–Kier alpha value is -4.00.